The average molecular weight is 464 g/mol. The van der Waals surface area contributed by atoms with Gasteiger partial charge in [-0.1, -0.05) is 23.2 Å². The van der Waals surface area contributed by atoms with E-state index in [-0.39, 0.29) is 17.3 Å². The molecular formula is C25H15Cl2NO4. The van der Waals surface area contributed by atoms with Crippen LogP contribution in [0.3, 0.4) is 0 Å². The molecule has 0 unspecified atom stereocenters. The third-order valence-electron chi connectivity index (χ3n) is 5.21. The maximum atomic E-state index is 12.9. The largest absolute Gasteiger partial charge is 0.452 e. The van der Waals surface area contributed by atoms with Crippen molar-refractivity contribution in [3.05, 3.63) is 99.4 Å². The number of aryl methyl sites for hydroxylation is 1. The van der Waals surface area contributed by atoms with Gasteiger partial charge in [-0.25, -0.2) is 0 Å². The first-order valence-electron chi connectivity index (χ1n) is 9.73. The van der Waals surface area contributed by atoms with Gasteiger partial charge in [0.25, 0.3) is 5.91 Å². The normalized spacial score (nSPS) is 11.2. The number of anilines is 1. The number of hydrogen-bond donors (Lipinski definition) is 1. The molecule has 0 atom stereocenters. The minimum absolute atomic E-state index is 0.171. The summed E-state index contributed by atoms with van der Waals surface area (Å²) in [5.74, 6) is -0.206. The molecule has 5 aromatic rings. The lowest BCUT2D eigenvalue weighted by atomic mass is 10.0. The lowest BCUT2D eigenvalue weighted by Crippen LogP contribution is -2.10. The van der Waals surface area contributed by atoms with Crippen molar-refractivity contribution in [1.29, 1.82) is 0 Å². The Balaban J connectivity index is 1.44. The van der Waals surface area contributed by atoms with Gasteiger partial charge in [-0.2, -0.15) is 0 Å². The van der Waals surface area contributed by atoms with Gasteiger partial charge in [0.15, 0.2) is 11.5 Å². The topological polar surface area (TPSA) is 72.5 Å². The zero-order valence-electron chi connectivity index (χ0n) is 16.7. The molecule has 0 fully saturated rings. The van der Waals surface area contributed by atoms with Crippen LogP contribution >= 0.6 is 23.2 Å². The number of rotatable bonds is 4. The van der Waals surface area contributed by atoms with Crippen molar-refractivity contribution in [3.8, 4) is 0 Å². The van der Waals surface area contributed by atoms with Crippen LogP contribution in [0.15, 0.2) is 75.6 Å². The van der Waals surface area contributed by atoms with Crippen molar-refractivity contribution >= 4 is 62.5 Å². The van der Waals surface area contributed by atoms with Crippen LogP contribution in [0.2, 0.25) is 10.0 Å². The Kier molecular flexibility index (Phi) is 5.00. The summed E-state index contributed by atoms with van der Waals surface area (Å²) >= 11 is 11.9. The van der Waals surface area contributed by atoms with Crippen LogP contribution in [0.4, 0.5) is 5.69 Å². The van der Waals surface area contributed by atoms with Crippen molar-refractivity contribution in [1.82, 2.24) is 0 Å². The second-order valence-electron chi connectivity index (χ2n) is 7.35. The summed E-state index contributed by atoms with van der Waals surface area (Å²) in [7, 11) is 0. The zero-order valence-corrected chi connectivity index (χ0v) is 18.3. The van der Waals surface area contributed by atoms with Gasteiger partial charge < -0.3 is 14.2 Å². The van der Waals surface area contributed by atoms with Gasteiger partial charge in [0.2, 0.25) is 5.78 Å². The summed E-state index contributed by atoms with van der Waals surface area (Å²) in [5.41, 5.74) is 2.85. The summed E-state index contributed by atoms with van der Waals surface area (Å²) in [5, 5.41) is 5.42. The molecule has 3 aromatic carbocycles. The zero-order chi connectivity index (χ0) is 22.4. The third kappa shape index (κ3) is 3.66. The Morgan fingerprint density at radius 1 is 0.812 bits per heavy atom. The lowest BCUT2D eigenvalue weighted by Gasteiger charge is -2.03. The smallest absolute Gasteiger partial charge is 0.291 e. The number of carbonyl (C=O) groups excluding carboxylic acids is 2. The number of benzene rings is 3. The van der Waals surface area contributed by atoms with Crippen LogP contribution in [-0.4, -0.2) is 11.7 Å². The molecule has 0 saturated heterocycles. The van der Waals surface area contributed by atoms with E-state index >= 15 is 0 Å². The summed E-state index contributed by atoms with van der Waals surface area (Å²) in [6, 6.07) is 18.6. The first-order chi connectivity index (χ1) is 15.4. The second-order valence-corrected chi connectivity index (χ2v) is 8.22. The molecule has 2 aromatic heterocycles. The highest BCUT2D eigenvalue weighted by Crippen LogP contribution is 2.30. The van der Waals surface area contributed by atoms with E-state index < -0.39 is 5.91 Å². The van der Waals surface area contributed by atoms with Gasteiger partial charge in [0, 0.05) is 37.6 Å². The van der Waals surface area contributed by atoms with Crippen molar-refractivity contribution in [2.45, 2.75) is 6.92 Å². The average Bonchev–Trinajstić information content (AvgIpc) is 3.35. The minimum Gasteiger partial charge on any atom is -0.452 e. The van der Waals surface area contributed by atoms with E-state index in [4.69, 9.17) is 32.0 Å². The van der Waals surface area contributed by atoms with Crippen molar-refractivity contribution in [2.75, 3.05) is 5.32 Å². The molecular weight excluding hydrogens is 449 g/mol. The molecule has 0 bridgehead atoms. The van der Waals surface area contributed by atoms with E-state index in [9.17, 15) is 9.59 Å². The molecule has 5 rings (SSSR count). The summed E-state index contributed by atoms with van der Waals surface area (Å²) < 4.78 is 11.4. The number of fused-ring (bicyclic) bond motifs is 2. The van der Waals surface area contributed by atoms with Gasteiger partial charge >= 0.3 is 0 Å². The van der Waals surface area contributed by atoms with E-state index in [1.807, 2.05) is 6.92 Å². The fourth-order valence-electron chi connectivity index (χ4n) is 3.57. The van der Waals surface area contributed by atoms with Crippen molar-refractivity contribution in [3.63, 3.8) is 0 Å². The van der Waals surface area contributed by atoms with Gasteiger partial charge in [-0.15, -0.1) is 0 Å². The summed E-state index contributed by atoms with van der Waals surface area (Å²) in [4.78, 5) is 25.6. The van der Waals surface area contributed by atoms with Gasteiger partial charge in [-0.3, -0.25) is 9.59 Å². The lowest BCUT2D eigenvalue weighted by molar-refractivity contribution is 0.0995. The predicted molar refractivity (Wildman–Crippen MR) is 125 cm³/mol. The first kappa shape index (κ1) is 20.4. The fraction of sp³-hybridized carbons (Fsp3) is 0.0400. The van der Waals surface area contributed by atoms with E-state index in [0.29, 0.717) is 38.0 Å². The molecule has 0 spiro atoms. The van der Waals surface area contributed by atoms with Crippen LogP contribution in [0, 0.1) is 6.92 Å². The Bertz CT molecular complexity index is 1510. The van der Waals surface area contributed by atoms with Crippen LogP contribution in [0.5, 0.6) is 0 Å². The molecule has 2 heterocycles. The standard InChI is InChI=1S/C25H15Cl2NO4/c1-13-19-12-18(28-25(30)22-11-15-10-17(27)6-8-20(15)31-22)7-9-21(19)32-24(13)23(29)14-2-4-16(26)5-3-14/h2-12H,1H3,(H,28,30). The summed E-state index contributed by atoms with van der Waals surface area (Å²) in [6.07, 6.45) is 0. The molecule has 1 amide bonds. The van der Waals surface area contributed by atoms with Crippen molar-refractivity contribution in [2.24, 2.45) is 0 Å². The number of hydrogen-bond acceptors (Lipinski definition) is 4. The Hall–Kier alpha value is -3.54. The Morgan fingerprint density at radius 2 is 1.53 bits per heavy atom. The maximum Gasteiger partial charge on any atom is 0.291 e. The molecule has 0 aliphatic carbocycles. The van der Waals surface area contributed by atoms with Crippen LogP contribution in [0.25, 0.3) is 21.9 Å². The number of halogens is 2. The highest BCUT2D eigenvalue weighted by atomic mass is 35.5. The number of ketones is 1. The number of carbonyl (C=O) groups is 2. The molecule has 1 N–H and O–H groups in total. The molecule has 0 aliphatic heterocycles. The van der Waals surface area contributed by atoms with Gasteiger partial charge in [0.1, 0.15) is 11.2 Å². The van der Waals surface area contributed by atoms with E-state index in [1.54, 1.807) is 66.7 Å². The Morgan fingerprint density at radius 3 is 2.31 bits per heavy atom. The number of nitrogens with one attached hydrogen (secondary N) is 1. The fourth-order valence-corrected chi connectivity index (χ4v) is 3.87. The molecule has 0 aliphatic rings. The molecule has 7 heteroatoms. The minimum atomic E-state index is -0.393. The highest BCUT2D eigenvalue weighted by molar-refractivity contribution is 6.31. The quantitative estimate of drug-likeness (QED) is 0.284. The number of amides is 1. The van der Waals surface area contributed by atoms with Crippen molar-refractivity contribution < 1.29 is 18.4 Å². The van der Waals surface area contributed by atoms with Crippen LogP contribution < -0.4 is 5.32 Å². The SMILES string of the molecule is Cc1c(C(=O)c2ccc(Cl)cc2)oc2ccc(NC(=O)c3cc4cc(Cl)ccc4o3)cc12. The molecule has 32 heavy (non-hydrogen) atoms. The number of furan rings is 2. The molecule has 5 nitrogen and oxygen atoms in total. The van der Waals surface area contributed by atoms with Gasteiger partial charge in [-0.05, 0) is 73.7 Å². The molecule has 0 radical (unpaired) electrons. The monoisotopic (exact) mass is 463 g/mol. The van der Waals surface area contributed by atoms with E-state index in [2.05, 4.69) is 5.32 Å². The third-order valence-corrected chi connectivity index (χ3v) is 5.70. The van der Waals surface area contributed by atoms with E-state index in [1.165, 1.54) is 0 Å². The molecule has 0 saturated carbocycles. The maximum absolute atomic E-state index is 12.9. The van der Waals surface area contributed by atoms with E-state index in [0.717, 1.165) is 10.8 Å². The Labute approximate surface area is 192 Å². The second kappa shape index (κ2) is 7.86. The van der Waals surface area contributed by atoms with Gasteiger partial charge in [0.05, 0.1) is 0 Å². The van der Waals surface area contributed by atoms with Crippen LogP contribution in [0.1, 0.15) is 32.2 Å². The first-order valence-corrected chi connectivity index (χ1v) is 10.5. The summed E-state index contributed by atoms with van der Waals surface area (Å²) in [6.45, 7) is 1.81. The predicted octanol–water partition coefficient (Wildman–Crippen LogP) is 7.28. The van der Waals surface area contributed by atoms with Crippen LogP contribution in [-0.2, 0) is 0 Å². The molecule has 158 valence electrons. The highest BCUT2D eigenvalue weighted by Gasteiger charge is 2.20.